The van der Waals surface area contributed by atoms with E-state index in [-0.39, 0.29) is 25.2 Å². The Kier molecular flexibility index (Phi) is 35.1. The summed E-state index contributed by atoms with van der Waals surface area (Å²) in [6.45, 7) is 4.20. The van der Waals surface area contributed by atoms with Gasteiger partial charge in [-0.1, -0.05) is 139 Å². The second kappa shape index (κ2) is 37.1. The Hall–Kier alpha value is -2.40. The topological polar surface area (TPSA) is 72.8 Å². The van der Waals surface area contributed by atoms with Crippen LogP contribution in [0.2, 0.25) is 0 Å². The average molecular weight is 643 g/mol. The van der Waals surface area contributed by atoms with Gasteiger partial charge in [-0.15, -0.1) is 0 Å². The minimum Gasteiger partial charge on any atom is -0.463 e. The zero-order chi connectivity index (χ0) is 33.6. The number of aliphatic hydroxyl groups is 1. The molecule has 264 valence electrons. The molecule has 0 radical (unpaired) electrons. The van der Waals surface area contributed by atoms with Crippen LogP contribution in [0.4, 0.5) is 0 Å². The minimum atomic E-state index is -0.990. The van der Waals surface area contributed by atoms with E-state index in [1.165, 1.54) is 83.5 Å². The van der Waals surface area contributed by atoms with Crippen LogP contribution in [0.5, 0.6) is 0 Å². The van der Waals surface area contributed by atoms with Crippen molar-refractivity contribution >= 4 is 11.9 Å². The van der Waals surface area contributed by atoms with E-state index in [1.807, 2.05) is 0 Å². The second-order valence-corrected chi connectivity index (χ2v) is 12.3. The summed E-state index contributed by atoms with van der Waals surface area (Å²) in [5.41, 5.74) is 0. The summed E-state index contributed by atoms with van der Waals surface area (Å²) >= 11 is 0. The van der Waals surface area contributed by atoms with Gasteiger partial charge < -0.3 is 14.6 Å². The summed E-state index contributed by atoms with van der Waals surface area (Å²) in [5.74, 6) is -0.642. The van der Waals surface area contributed by atoms with Crippen molar-refractivity contribution in [1.29, 1.82) is 0 Å². The van der Waals surface area contributed by atoms with Crippen molar-refractivity contribution in [3.8, 4) is 0 Å². The van der Waals surface area contributed by atoms with Crippen molar-refractivity contribution < 1.29 is 24.2 Å². The maximum atomic E-state index is 11.9. The SMILES string of the molecule is CCCCC/C=C\C/C=C\C/C=C\C/C=C\CCCC(=O)OC[C@H](O)COC(=O)CCCCCCC/C=C\CCCCCCCC. The summed E-state index contributed by atoms with van der Waals surface area (Å²) in [4.78, 5) is 23.9. The largest absolute Gasteiger partial charge is 0.463 e. The maximum absolute atomic E-state index is 11.9. The number of aliphatic hydroxyl groups excluding tert-OH is 1. The highest BCUT2D eigenvalue weighted by Gasteiger charge is 2.11. The molecule has 46 heavy (non-hydrogen) atoms. The van der Waals surface area contributed by atoms with E-state index in [9.17, 15) is 14.7 Å². The van der Waals surface area contributed by atoms with Gasteiger partial charge in [-0.2, -0.15) is 0 Å². The Bertz CT molecular complexity index is 823. The van der Waals surface area contributed by atoms with Gasteiger partial charge in [-0.25, -0.2) is 0 Å². The third-order valence-corrected chi connectivity index (χ3v) is 7.73. The zero-order valence-corrected chi connectivity index (χ0v) is 29.8. The van der Waals surface area contributed by atoms with Gasteiger partial charge in [-0.3, -0.25) is 9.59 Å². The van der Waals surface area contributed by atoms with E-state index in [1.54, 1.807) is 0 Å². The van der Waals surface area contributed by atoms with E-state index in [2.05, 4.69) is 74.6 Å². The number of esters is 2. The molecule has 1 atom stereocenters. The lowest BCUT2D eigenvalue weighted by Gasteiger charge is -2.12. The number of unbranched alkanes of at least 4 members (excludes halogenated alkanes) is 15. The van der Waals surface area contributed by atoms with Crippen molar-refractivity contribution in [2.75, 3.05) is 13.2 Å². The average Bonchev–Trinajstić information content (AvgIpc) is 3.06. The molecule has 0 heterocycles. The molecule has 0 amide bonds. The first-order valence-corrected chi connectivity index (χ1v) is 18.8. The van der Waals surface area contributed by atoms with Crippen LogP contribution >= 0.6 is 0 Å². The monoisotopic (exact) mass is 643 g/mol. The quantitative estimate of drug-likeness (QED) is 0.0438. The Balaban J connectivity index is 3.57. The standard InChI is InChI=1S/C41H70O5/c1-3-5-7-9-11-13-15-17-19-20-22-24-26-28-30-32-34-36-41(44)46-38-39(42)37-45-40(43)35-33-31-29-27-25-23-21-18-16-14-12-10-8-6-4-2/h11,13,17-19,21-22,24,28,30,39,42H,3-10,12,14-16,20,23,25-27,29,31-38H2,1-2H3/b13-11-,19-17-,21-18-,24-22-,30-28-/t39-/m1/s1. The molecule has 0 aromatic carbocycles. The molecule has 0 aliphatic carbocycles. The van der Waals surface area contributed by atoms with Gasteiger partial charge in [0.1, 0.15) is 19.3 Å². The molecule has 0 saturated heterocycles. The van der Waals surface area contributed by atoms with Crippen LogP contribution in [-0.4, -0.2) is 36.4 Å². The molecule has 0 aliphatic rings. The molecule has 0 unspecified atom stereocenters. The van der Waals surface area contributed by atoms with Crippen molar-refractivity contribution in [1.82, 2.24) is 0 Å². The van der Waals surface area contributed by atoms with E-state index in [0.29, 0.717) is 19.3 Å². The van der Waals surface area contributed by atoms with E-state index in [0.717, 1.165) is 51.4 Å². The third kappa shape index (κ3) is 36.1. The number of ether oxygens (including phenoxy) is 2. The molecule has 1 N–H and O–H groups in total. The number of hydrogen-bond acceptors (Lipinski definition) is 5. The predicted octanol–water partition coefficient (Wildman–Crippen LogP) is 11.6. The van der Waals surface area contributed by atoms with Crippen molar-refractivity contribution in [2.45, 2.75) is 174 Å². The number of carbonyl (C=O) groups is 2. The van der Waals surface area contributed by atoms with E-state index < -0.39 is 6.10 Å². The van der Waals surface area contributed by atoms with Crippen LogP contribution in [0.3, 0.4) is 0 Å². The Morgan fingerprint density at radius 2 is 0.783 bits per heavy atom. The van der Waals surface area contributed by atoms with Gasteiger partial charge >= 0.3 is 11.9 Å². The molecule has 0 aromatic heterocycles. The maximum Gasteiger partial charge on any atom is 0.305 e. The number of allylic oxidation sites excluding steroid dienone is 10. The lowest BCUT2D eigenvalue weighted by molar-refractivity contribution is -0.152. The molecular formula is C41H70O5. The van der Waals surface area contributed by atoms with Crippen molar-refractivity contribution in [3.05, 3.63) is 60.8 Å². The Morgan fingerprint density at radius 1 is 0.457 bits per heavy atom. The number of rotatable bonds is 33. The van der Waals surface area contributed by atoms with Gasteiger partial charge in [0.2, 0.25) is 0 Å². The summed E-state index contributed by atoms with van der Waals surface area (Å²) < 4.78 is 10.3. The van der Waals surface area contributed by atoms with Gasteiger partial charge in [0.25, 0.3) is 0 Å². The summed E-state index contributed by atoms with van der Waals surface area (Å²) in [7, 11) is 0. The Morgan fingerprint density at radius 3 is 1.28 bits per heavy atom. The summed E-state index contributed by atoms with van der Waals surface area (Å²) in [6.07, 6.45) is 47.0. The van der Waals surface area contributed by atoms with Gasteiger partial charge in [-0.05, 0) is 77.0 Å². The molecule has 0 rings (SSSR count). The third-order valence-electron chi connectivity index (χ3n) is 7.73. The number of hydrogen-bond donors (Lipinski definition) is 1. The van der Waals surface area contributed by atoms with Crippen molar-refractivity contribution in [3.63, 3.8) is 0 Å². The molecular weight excluding hydrogens is 572 g/mol. The fourth-order valence-electron chi connectivity index (χ4n) is 4.84. The normalized spacial score (nSPS) is 12.8. The van der Waals surface area contributed by atoms with Gasteiger partial charge in [0, 0.05) is 12.8 Å². The zero-order valence-electron chi connectivity index (χ0n) is 29.8. The van der Waals surface area contributed by atoms with Crippen LogP contribution in [0.15, 0.2) is 60.8 Å². The lowest BCUT2D eigenvalue weighted by atomic mass is 10.1. The highest BCUT2D eigenvalue weighted by Crippen LogP contribution is 2.10. The second-order valence-electron chi connectivity index (χ2n) is 12.3. The van der Waals surface area contributed by atoms with E-state index in [4.69, 9.17) is 9.47 Å². The molecule has 5 heteroatoms. The molecule has 0 bridgehead atoms. The lowest BCUT2D eigenvalue weighted by Crippen LogP contribution is -2.25. The van der Waals surface area contributed by atoms with Crippen LogP contribution in [-0.2, 0) is 19.1 Å². The molecule has 0 aromatic rings. The minimum absolute atomic E-state index is 0.139. The molecule has 5 nitrogen and oxygen atoms in total. The smallest absolute Gasteiger partial charge is 0.305 e. The van der Waals surface area contributed by atoms with Crippen LogP contribution < -0.4 is 0 Å². The highest BCUT2D eigenvalue weighted by molar-refractivity contribution is 5.69. The summed E-state index contributed by atoms with van der Waals surface area (Å²) in [6, 6.07) is 0. The summed E-state index contributed by atoms with van der Waals surface area (Å²) in [5, 5.41) is 9.99. The van der Waals surface area contributed by atoms with Gasteiger partial charge in [0.15, 0.2) is 0 Å². The highest BCUT2D eigenvalue weighted by atomic mass is 16.6. The van der Waals surface area contributed by atoms with Crippen LogP contribution in [0.1, 0.15) is 168 Å². The molecule has 0 fully saturated rings. The van der Waals surface area contributed by atoms with Crippen LogP contribution in [0.25, 0.3) is 0 Å². The predicted molar refractivity (Wildman–Crippen MR) is 196 cm³/mol. The Labute approximate surface area is 283 Å². The first-order valence-electron chi connectivity index (χ1n) is 18.8. The molecule has 0 aliphatic heterocycles. The number of carbonyl (C=O) groups excluding carboxylic acids is 2. The first kappa shape index (κ1) is 43.6. The first-order chi connectivity index (χ1) is 22.6. The van der Waals surface area contributed by atoms with E-state index >= 15 is 0 Å². The fraction of sp³-hybridized carbons (Fsp3) is 0.707. The molecule has 0 saturated carbocycles. The fourth-order valence-corrected chi connectivity index (χ4v) is 4.84. The molecule has 0 spiro atoms. The van der Waals surface area contributed by atoms with Crippen molar-refractivity contribution in [2.24, 2.45) is 0 Å². The van der Waals surface area contributed by atoms with Gasteiger partial charge in [0.05, 0.1) is 0 Å². The van der Waals surface area contributed by atoms with Crippen LogP contribution in [0, 0.1) is 0 Å².